The Morgan fingerprint density at radius 3 is 2.44 bits per heavy atom. The maximum Gasteiger partial charge on any atom is 0.205 e. The van der Waals surface area contributed by atoms with Gasteiger partial charge in [-0.05, 0) is 46.6 Å². The molecule has 7 heteroatoms. The predicted molar refractivity (Wildman–Crippen MR) is 131 cm³/mol. The largest absolute Gasteiger partial charge is 0.493 e. The number of nitrogens with two attached hydrogens (primary N) is 1. The van der Waals surface area contributed by atoms with Crippen molar-refractivity contribution in [3.63, 3.8) is 0 Å². The lowest BCUT2D eigenvalue weighted by Crippen LogP contribution is -2.21. The number of allylic oxidation sites excluding steroid dienone is 1. The lowest BCUT2D eigenvalue weighted by atomic mass is 9.83. The van der Waals surface area contributed by atoms with Gasteiger partial charge >= 0.3 is 0 Å². The minimum atomic E-state index is -0.424. The van der Waals surface area contributed by atoms with E-state index in [9.17, 15) is 5.26 Å². The molecule has 2 aromatic carbocycles. The standard InChI is InChI=1S/C22H18BrN3O3.C2H6.CH4/c1-11-4-5-12-6-7-14-18(13-8-16(23)21(28-3)17(9-13)27-2)15(10-24)22(25)29-20(14)19(12)26-11;1-2;/h4-9,18H,25H2,1-3H3;1-2H3;1H4/t18-;;/m0../s1. The van der Waals surface area contributed by atoms with Crippen LogP contribution in [0, 0.1) is 18.3 Å². The fourth-order valence-corrected chi connectivity index (χ4v) is 4.27. The number of hydrogen-bond donors (Lipinski definition) is 1. The Kier molecular flexibility index (Phi) is 8.12. The van der Waals surface area contributed by atoms with Gasteiger partial charge in [-0.3, -0.25) is 0 Å². The van der Waals surface area contributed by atoms with Crippen LogP contribution in [0.25, 0.3) is 10.9 Å². The van der Waals surface area contributed by atoms with Crippen LogP contribution >= 0.6 is 15.9 Å². The third-order valence-electron chi connectivity index (χ3n) is 4.97. The quantitative estimate of drug-likeness (QED) is 0.462. The number of methoxy groups -OCH3 is 2. The highest BCUT2D eigenvalue weighted by molar-refractivity contribution is 9.10. The van der Waals surface area contributed by atoms with Crippen LogP contribution in [-0.4, -0.2) is 19.2 Å². The fourth-order valence-electron chi connectivity index (χ4n) is 3.64. The number of halogens is 1. The number of rotatable bonds is 3. The second-order valence-electron chi connectivity index (χ2n) is 6.67. The van der Waals surface area contributed by atoms with Crippen LogP contribution in [0.5, 0.6) is 17.2 Å². The average Bonchev–Trinajstić information content (AvgIpc) is 2.78. The predicted octanol–water partition coefficient (Wildman–Crippen LogP) is 6.20. The van der Waals surface area contributed by atoms with Gasteiger partial charge in [0, 0.05) is 16.6 Å². The van der Waals surface area contributed by atoms with Gasteiger partial charge in [0.25, 0.3) is 0 Å². The third-order valence-corrected chi connectivity index (χ3v) is 5.56. The molecular formula is C25H28BrN3O3. The number of hydrogen-bond acceptors (Lipinski definition) is 6. The van der Waals surface area contributed by atoms with Gasteiger partial charge < -0.3 is 19.9 Å². The van der Waals surface area contributed by atoms with Crippen LogP contribution in [-0.2, 0) is 0 Å². The highest BCUT2D eigenvalue weighted by Crippen LogP contribution is 2.47. The summed E-state index contributed by atoms with van der Waals surface area (Å²) in [4.78, 5) is 4.64. The smallest absolute Gasteiger partial charge is 0.205 e. The van der Waals surface area contributed by atoms with E-state index in [1.807, 2.05) is 57.2 Å². The first kappa shape index (κ1) is 25.0. The van der Waals surface area contributed by atoms with E-state index >= 15 is 0 Å². The molecule has 2 heterocycles. The summed E-state index contributed by atoms with van der Waals surface area (Å²) in [6.07, 6.45) is 0. The molecule has 0 saturated carbocycles. The van der Waals surface area contributed by atoms with E-state index in [-0.39, 0.29) is 13.3 Å². The van der Waals surface area contributed by atoms with Crippen LogP contribution in [0.3, 0.4) is 0 Å². The Labute approximate surface area is 197 Å². The molecule has 1 aliphatic rings. The maximum atomic E-state index is 9.82. The Morgan fingerprint density at radius 1 is 1.12 bits per heavy atom. The molecule has 0 amide bonds. The molecule has 1 atom stereocenters. The van der Waals surface area contributed by atoms with Crippen molar-refractivity contribution in [2.45, 2.75) is 34.1 Å². The summed E-state index contributed by atoms with van der Waals surface area (Å²) in [7, 11) is 3.15. The van der Waals surface area contributed by atoms with Crippen molar-refractivity contribution in [2.75, 3.05) is 14.2 Å². The summed E-state index contributed by atoms with van der Waals surface area (Å²) in [5.74, 6) is 1.35. The molecular weight excluding hydrogens is 470 g/mol. The molecule has 0 unspecified atom stereocenters. The number of nitriles is 1. The van der Waals surface area contributed by atoms with Gasteiger partial charge in [-0.15, -0.1) is 0 Å². The van der Waals surface area contributed by atoms with Crippen LogP contribution in [0.15, 0.2) is 52.3 Å². The normalized spacial score (nSPS) is 14.2. The van der Waals surface area contributed by atoms with Crippen LogP contribution < -0.4 is 19.9 Å². The van der Waals surface area contributed by atoms with Crippen molar-refractivity contribution in [1.29, 1.82) is 5.26 Å². The Morgan fingerprint density at radius 2 is 1.81 bits per heavy atom. The lowest BCUT2D eigenvalue weighted by Gasteiger charge is -2.27. The van der Waals surface area contributed by atoms with E-state index in [1.165, 1.54) is 0 Å². The number of fused-ring (bicyclic) bond motifs is 3. The van der Waals surface area contributed by atoms with Crippen molar-refractivity contribution < 1.29 is 14.2 Å². The van der Waals surface area contributed by atoms with Crippen LogP contribution in [0.2, 0.25) is 0 Å². The molecule has 0 bridgehead atoms. The highest BCUT2D eigenvalue weighted by Gasteiger charge is 2.33. The average molecular weight is 498 g/mol. The zero-order valence-corrected chi connectivity index (χ0v) is 19.7. The molecule has 2 N–H and O–H groups in total. The van der Waals surface area contributed by atoms with Crippen LogP contribution in [0.4, 0.5) is 0 Å². The molecule has 1 aliphatic heterocycles. The summed E-state index contributed by atoms with van der Waals surface area (Å²) >= 11 is 3.53. The Balaban J connectivity index is 0.00000118. The van der Waals surface area contributed by atoms with Gasteiger partial charge in [0.15, 0.2) is 17.2 Å². The van der Waals surface area contributed by atoms with Crippen LogP contribution in [0.1, 0.15) is 44.0 Å². The minimum Gasteiger partial charge on any atom is -0.493 e. The number of ether oxygens (including phenoxy) is 3. The zero-order chi connectivity index (χ0) is 22.7. The number of aromatic nitrogens is 1. The second kappa shape index (κ2) is 10.4. The zero-order valence-electron chi connectivity index (χ0n) is 18.1. The molecule has 6 nitrogen and oxygen atoms in total. The van der Waals surface area contributed by atoms with Crippen molar-refractivity contribution in [1.82, 2.24) is 4.98 Å². The molecule has 32 heavy (non-hydrogen) atoms. The number of benzene rings is 2. The van der Waals surface area contributed by atoms with Crippen molar-refractivity contribution in [3.8, 4) is 23.3 Å². The molecule has 168 valence electrons. The maximum absolute atomic E-state index is 9.82. The van der Waals surface area contributed by atoms with E-state index in [4.69, 9.17) is 19.9 Å². The molecule has 4 rings (SSSR count). The van der Waals surface area contributed by atoms with Gasteiger partial charge in [0.1, 0.15) is 17.2 Å². The van der Waals surface area contributed by atoms with E-state index in [2.05, 4.69) is 27.0 Å². The van der Waals surface area contributed by atoms with E-state index in [0.29, 0.717) is 32.8 Å². The first-order valence-corrected chi connectivity index (χ1v) is 10.7. The number of aryl methyl sites for hydroxylation is 1. The van der Waals surface area contributed by atoms with Gasteiger partial charge in [0.2, 0.25) is 5.88 Å². The summed E-state index contributed by atoms with van der Waals surface area (Å²) in [6.45, 7) is 5.92. The van der Waals surface area contributed by atoms with Gasteiger partial charge in [-0.2, -0.15) is 5.26 Å². The van der Waals surface area contributed by atoms with Crippen molar-refractivity contribution in [2.24, 2.45) is 5.73 Å². The third kappa shape index (κ3) is 4.23. The number of nitrogens with zero attached hydrogens (tertiary/aromatic N) is 2. The summed E-state index contributed by atoms with van der Waals surface area (Å²) < 4.78 is 17.5. The first-order valence-electron chi connectivity index (χ1n) is 9.87. The van der Waals surface area contributed by atoms with E-state index < -0.39 is 5.92 Å². The summed E-state index contributed by atoms with van der Waals surface area (Å²) in [5, 5.41) is 10.8. The lowest BCUT2D eigenvalue weighted by molar-refractivity contribution is 0.352. The molecule has 0 aliphatic carbocycles. The first-order chi connectivity index (χ1) is 15.0. The topological polar surface area (TPSA) is 90.4 Å². The van der Waals surface area contributed by atoms with E-state index in [1.54, 1.807) is 14.2 Å². The second-order valence-corrected chi connectivity index (χ2v) is 7.53. The highest BCUT2D eigenvalue weighted by atomic mass is 79.9. The SMILES string of the molecule is C.CC.COc1cc([C@@H]2C(C#N)=C(N)Oc3c2ccc2ccc(C)nc32)cc(Br)c1OC. The Hall–Kier alpha value is -3.24. The monoisotopic (exact) mass is 497 g/mol. The molecule has 1 aromatic heterocycles. The van der Waals surface area contributed by atoms with Gasteiger partial charge in [-0.25, -0.2) is 4.98 Å². The van der Waals surface area contributed by atoms with Crippen molar-refractivity contribution in [3.05, 3.63) is 69.1 Å². The van der Waals surface area contributed by atoms with Crippen molar-refractivity contribution >= 4 is 26.8 Å². The molecule has 0 fully saturated rings. The fraction of sp³-hybridized carbons (Fsp3) is 0.280. The van der Waals surface area contributed by atoms with Gasteiger partial charge in [-0.1, -0.05) is 39.5 Å². The summed E-state index contributed by atoms with van der Waals surface area (Å²) in [5.41, 5.74) is 9.73. The molecule has 0 spiro atoms. The number of pyridine rings is 1. The van der Waals surface area contributed by atoms with E-state index in [0.717, 1.165) is 22.2 Å². The minimum absolute atomic E-state index is 0. The molecule has 3 aromatic rings. The summed E-state index contributed by atoms with van der Waals surface area (Å²) in [6, 6.07) is 13.8. The molecule has 0 saturated heterocycles. The van der Waals surface area contributed by atoms with Gasteiger partial charge in [0.05, 0.1) is 24.6 Å². The molecule has 0 radical (unpaired) electrons. The Bertz CT molecular complexity index is 1220.